The molecule has 1 atom stereocenters. The van der Waals surface area contributed by atoms with Gasteiger partial charge in [-0.15, -0.1) is 0 Å². The maximum absolute atomic E-state index is 11.3. The number of hydrogen-bond donors (Lipinski definition) is 0. The molecule has 1 aromatic rings. The molecule has 2 rings (SSSR count). The highest BCUT2D eigenvalue weighted by molar-refractivity contribution is 5.89. The fraction of sp³-hybridized carbons (Fsp3) is 0.400. The van der Waals surface area contributed by atoms with E-state index in [1.54, 1.807) is 12.1 Å². The van der Waals surface area contributed by atoms with E-state index in [2.05, 4.69) is 17.7 Å². The smallest absolute Gasteiger partial charge is 0.337 e. The zero-order valence-corrected chi connectivity index (χ0v) is 10.8. The molecule has 1 unspecified atom stereocenters. The van der Waals surface area contributed by atoms with E-state index in [0.29, 0.717) is 12.2 Å². The SMILES string of the molecule is CCC1=CCC(c2ccc(C(=O)OC)cc2)OC1. The molecule has 0 saturated carbocycles. The Morgan fingerprint density at radius 2 is 2.11 bits per heavy atom. The second-order valence-corrected chi connectivity index (χ2v) is 4.36. The van der Waals surface area contributed by atoms with Gasteiger partial charge in [-0.05, 0) is 36.1 Å². The van der Waals surface area contributed by atoms with Crippen molar-refractivity contribution in [3.05, 3.63) is 47.0 Å². The van der Waals surface area contributed by atoms with Crippen molar-refractivity contribution in [2.75, 3.05) is 13.7 Å². The fourth-order valence-corrected chi connectivity index (χ4v) is 2.04. The van der Waals surface area contributed by atoms with E-state index in [-0.39, 0.29) is 12.1 Å². The molecular formula is C15H18O3. The van der Waals surface area contributed by atoms with E-state index in [9.17, 15) is 4.79 Å². The molecule has 3 nitrogen and oxygen atoms in total. The van der Waals surface area contributed by atoms with Gasteiger partial charge in [-0.3, -0.25) is 0 Å². The summed E-state index contributed by atoms with van der Waals surface area (Å²) in [6.07, 6.45) is 4.31. The van der Waals surface area contributed by atoms with Crippen molar-refractivity contribution in [2.45, 2.75) is 25.9 Å². The third kappa shape index (κ3) is 2.79. The summed E-state index contributed by atoms with van der Waals surface area (Å²) < 4.78 is 10.5. The van der Waals surface area contributed by atoms with Crippen LogP contribution in [0, 0.1) is 0 Å². The number of carbonyl (C=O) groups excluding carboxylic acids is 1. The van der Waals surface area contributed by atoms with Crippen molar-refractivity contribution in [2.24, 2.45) is 0 Å². The molecule has 1 aromatic carbocycles. The van der Waals surface area contributed by atoms with Gasteiger partial charge in [0, 0.05) is 0 Å². The summed E-state index contributed by atoms with van der Waals surface area (Å²) in [5.74, 6) is -0.306. The van der Waals surface area contributed by atoms with Crippen LogP contribution in [0.2, 0.25) is 0 Å². The molecule has 0 saturated heterocycles. The Balaban J connectivity index is 2.07. The first-order chi connectivity index (χ1) is 8.74. The molecule has 1 aliphatic rings. The highest BCUT2D eigenvalue weighted by atomic mass is 16.5. The molecule has 3 heteroatoms. The number of ether oxygens (including phenoxy) is 2. The molecule has 0 aliphatic carbocycles. The lowest BCUT2D eigenvalue weighted by molar-refractivity contribution is 0.0588. The van der Waals surface area contributed by atoms with E-state index in [4.69, 9.17) is 4.74 Å². The number of esters is 1. The maximum Gasteiger partial charge on any atom is 0.337 e. The lowest BCUT2D eigenvalue weighted by Gasteiger charge is -2.22. The summed E-state index contributed by atoms with van der Waals surface area (Å²) in [6, 6.07) is 7.43. The number of benzene rings is 1. The van der Waals surface area contributed by atoms with E-state index in [1.165, 1.54) is 12.7 Å². The lowest BCUT2D eigenvalue weighted by Crippen LogP contribution is -2.12. The highest BCUT2D eigenvalue weighted by Crippen LogP contribution is 2.27. The topological polar surface area (TPSA) is 35.5 Å². The van der Waals surface area contributed by atoms with Crippen LogP contribution in [0.25, 0.3) is 0 Å². The Bertz CT molecular complexity index is 445. The quantitative estimate of drug-likeness (QED) is 0.606. The van der Waals surface area contributed by atoms with E-state index >= 15 is 0 Å². The number of rotatable bonds is 3. The molecule has 0 aromatic heterocycles. The molecule has 1 heterocycles. The van der Waals surface area contributed by atoms with Gasteiger partial charge in [-0.25, -0.2) is 4.79 Å². The van der Waals surface area contributed by atoms with E-state index in [1.807, 2.05) is 12.1 Å². The molecule has 1 aliphatic heterocycles. The predicted octanol–water partition coefficient (Wildman–Crippen LogP) is 3.27. The summed E-state index contributed by atoms with van der Waals surface area (Å²) in [5.41, 5.74) is 3.04. The van der Waals surface area contributed by atoms with Crippen LogP contribution in [0.3, 0.4) is 0 Å². The van der Waals surface area contributed by atoms with Gasteiger partial charge in [-0.2, -0.15) is 0 Å². The molecule has 96 valence electrons. The standard InChI is InChI=1S/C15H18O3/c1-3-11-4-9-14(18-10-11)12-5-7-13(8-6-12)15(16)17-2/h4-8,14H,3,9-10H2,1-2H3. The molecular weight excluding hydrogens is 228 g/mol. The van der Waals surface area contributed by atoms with Crippen molar-refractivity contribution >= 4 is 5.97 Å². The summed E-state index contributed by atoms with van der Waals surface area (Å²) >= 11 is 0. The molecule has 0 N–H and O–H groups in total. The lowest BCUT2D eigenvalue weighted by atomic mass is 10.0. The van der Waals surface area contributed by atoms with Crippen LogP contribution in [-0.4, -0.2) is 19.7 Å². The Morgan fingerprint density at radius 3 is 2.61 bits per heavy atom. The van der Waals surface area contributed by atoms with Crippen molar-refractivity contribution in [1.82, 2.24) is 0 Å². The Morgan fingerprint density at radius 1 is 1.39 bits per heavy atom. The van der Waals surface area contributed by atoms with Crippen LogP contribution in [0.1, 0.15) is 41.8 Å². The second kappa shape index (κ2) is 5.83. The monoisotopic (exact) mass is 246 g/mol. The molecule has 0 bridgehead atoms. The Hall–Kier alpha value is -1.61. The minimum atomic E-state index is -0.306. The fourth-order valence-electron chi connectivity index (χ4n) is 2.04. The van der Waals surface area contributed by atoms with Gasteiger partial charge < -0.3 is 9.47 Å². The Kier molecular flexibility index (Phi) is 4.15. The summed E-state index contributed by atoms with van der Waals surface area (Å²) in [7, 11) is 1.39. The molecule has 0 amide bonds. The summed E-state index contributed by atoms with van der Waals surface area (Å²) in [5, 5.41) is 0. The van der Waals surface area contributed by atoms with Gasteiger partial charge in [-0.1, -0.05) is 25.1 Å². The average Bonchev–Trinajstić information content (AvgIpc) is 2.47. The van der Waals surface area contributed by atoms with Gasteiger partial charge in [0.2, 0.25) is 0 Å². The van der Waals surface area contributed by atoms with Crippen molar-refractivity contribution in [3.8, 4) is 0 Å². The van der Waals surface area contributed by atoms with Crippen LogP contribution in [-0.2, 0) is 9.47 Å². The second-order valence-electron chi connectivity index (χ2n) is 4.36. The van der Waals surface area contributed by atoms with Crippen LogP contribution in [0.4, 0.5) is 0 Å². The largest absolute Gasteiger partial charge is 0.465 e. The molecule has 18 heavy (non-hydrogen) atoms. The Labute approximate surface area is 107 Å². The van der Waals surface area contributed by atoms with Crippen molar-refractivity contribution in [3.63, 3.8) is 0 Å². The maximum atomic E-state index is 11.3. The first kappa shape index (κ1) is 12.8. The van der Waals surface area contributed by atoms with E-state index < -0.39 is 0 Å². The third-order valence-corrected chi connectivity index (χ3v) is 3.25. The normalized spacial score (nSPS) is 19.2. The van der Waals surface area contributed by atoms with Crippen LogP contribution >= 0.6 is 0 Å². The van der Waals surface area contributed by atoms with Crippen LogP contribution in [0.15, 0.2) is 35.9 Å². The third-order valence-electron chi connectivity index (χ3n) is 3.25. The number of methoxy groups -OCH3 is 1. The van der Waals surface area contributed by atoms with Gasteiger partial charge in [0.05, 0.1) is 25.4 Å². The van der Waals surface area contributed by atoms with Crippen LogP contribution < -0.4 is 0 Å². The number of hydrogen-bond acceptors (Lipinski definition) is 3. The molecule has 0 radical (unpaired) electrons. The minimum absolute atomic E-state index is 0.104. The predicted molar refractivity (Wildman–Crippen MR) is 69.5 cm³/mol. The van der Waals surface area contributed by atoms with Gasteiger partial charge in [0.15, 0.2) is 0 Å². The van der Waals surface area contributed by atoms with Crippen molar-refractivity contribution < 1.29 is 14.3 Å². The minimum Gasteiger partial charge on any atom is -0.465 e. The van der Waals surface area contributed by atoms with E-state index in [0.717, 1.165) is 18.4 Å². The van der Waals surface area contributed by atoms with Crippen molar-refractivity contribution in [1.29, 1.82) is 0 Å². The summed E-state index contributed by atoms with van der Waals surface area (Å²) in [4.78, 5) is 11.3. The summed E-state index contributed by atoms with van der Waals surface area (Å²) in [6.45, 7) is 2.85. The first-order valence-corrected chi connectivity index (χ1v) is 6.22. The van der Waals surface area contributed by atoms with Crippen LogP contribution in [0.5, 0.6) is 0 Å². The first-order valence-electron chi connectivity index (χ1n) is 6.22. The zero-order chi connectivity index (χ0) is 13.0. The van der Waals surface area contributed by atoms with Gasteiger partial charge in [0.1, 0.15) is 0 Å². The average molecular weight is 246 g/mol. The zero-order valence-electron chi connectivity index (χ0n) is 10.8. The molecule has 0 fully saturated rings. The van der Waals surface area contributed by atoms with Gasteiger partial charge in [0.25, 0.3) is 0 Å². The van der Waals surface area contributed by atoms with Gasteiger partial charge >= 0.3 is 5.97 Å². The highest BCUT2D eigenvalue weighted by Gasteiger charge is 2.16. The molecule has 0 spiro atoms. The number of carbonyl (C=O) groups is 1.